The van der Waals surface area contributed by atoms with Gasteiger partial charge in [-0.05, 0) is 37.0 Å². The van der Waals surface area contributed by atoms with Crippen molar-refractivity contribution in [1.82, 2.24) is 14.6 Å². The second kappa shape index (κ2) is 6.31. The van der Waals surface area contributed by atoms with Gasteiger partial charge in [0.05, 0.1) is 30.1 Å². The fraction of sp³-hybridized carbons (Fsp3) is 0.364. The molecule has 1 saturated carbocycles. The first kappa shape index (κ1) is 17.7. The van der Waals surface area contributed by atoms with Gasteiger partial charge in [-0.15, -0.1) is 0 Å². The van der Waals surface area contributed by atoms with Crippen LogP contribution >= 0.6 is 0 Å². The van der Waals surface area contributed by atoms with Crippen molar-refractivity contribution in [2.24, 2.45) is 17.3 Å². The summed E-state index contributed by atoms with van der Waals surface area (Å²) in [7, 11) is 1.59. The molecule has 146 valence electrons. The number of fused-ring (bicyclic) bond motifs is 1. The van der Waals surface area contributed by atoms with Gasteiger partial charge in [-0.25, -0.2) is 9.50 Å². The number of hydrogen-bond acceptors (Lipinski definition) is 5. The first-order valence-electron chi connectivity index (χ1n) is 9.80. The first-order chi connectivity index (χ1) is 14.1. The molecule has 4 heterocycles. The van der Waals surface area contributed by atoms with Crippen molar-refractivity contribution in [1.29, 1.82) is 5.26 Å². The van der Waals surface area contributed by atoms with E-state index in [1.54, 1.807) is 28.8 Å². The molecular formula is C22H21N5O2. The molecule has 29 heavy (non-hydrogen) atoms. The van der Waals surface area contributed by atoms with E-state index in [0.717, 1.165) is 35.3 Å². The zero-order valence-corrected chi connectivity index (χ0v) is 16.4. The highest BCUT2D eigenvalue weighted by Gasteiger charge is 2.61. The Balaban J connectivity index is 1.59. The van der Waals surface area contributed by atoms with Gasteiger partial charge in [0.25, 0.3) is 0 Å². The van der Waals surface area contributed by atoms with Crippen LogP contribution in [-0.2, 0) is 4.79 Å². The summed E-state index contributed by atoms with van der Waals surface area (Å²) in [5, 5.41) is 14.3. The Labute approximate surface area is 168 Å². The van der Waals surface area contributed by atoms with E-state index in [4.69, 9.17) is 4.74 Å². The smallest absolute Gasteiger partial charge is 0.248 e. The number of pyridine rings is 1. The fourth-order valence-corrected chi connectivity index (χ4v) is 4.57. The second-order valence-corrected chi connectivity index (χ2v) is 7.91. The standard InChI is InChI=1S/C22H21N5O2/c1-14-11-26(21(28)22(14,13-23)16-6-7-16)18-8-9-24-27-12-15(10-19(18)27)17-4-3-5-20(25-17)29-2/h3-5,8-10,12,14,16H,6-7,11H2,1-2H3/t14-,22+/m1/s1. The van der Waals surface area contributed by atoms with Crippen LogP contribution in [0.1, 0.15) is 19.8 Å². The van der Waals surface area contributed by atoms with Crippen molar-refractivity contribution in [3.63, 3.8) is 0 Å². The van der Waals surface area contributed by atoms with E-state index in [-0.39, 0.29) is 17.7 Å². The van der Waals surface area contributed by atoms with Gasteiger partial charge < -0.3 is 9.64 Å². The SMILES string of the molecule is COc1cccc(-c2cc3c(N4C[C@@H](C)[C@@](C#N)(C5CC5)C4=O)ccnn3c2)n1. The molecule has 7 nitrogen and oxygen atoms in total. The van der Waals surface area contributed by atoms with Gasteiger partial charge in [0.2, 0.25) is 11.8 Å². The molecule has 0 radical (unpaired) electrons. The number of amides is 1. The molecule has 1 aliphatic carbocycles. The van der Waals surface area contributed by atoms with Crippen LogP contribution in [0.2, 0.25) is 0 Å². The molecular weight excluding hydrogens is 366 g/mol. The molecule has 1 saturated heterocycles. The van der Waals surface area contributed by atoms with Gasteiger partial charge in [-0.3, -0.25) is 4.79 Å². The van der Waals surface area contributed by atoms with E-state index in [9.17, 15) is 10.1 Å². The summed E-state index contributed by atoms with van der Waals surface area (Å²) in [5.74, 6) is 0.638. The second-order valence-electron chi connectivity index (χ2n) is 7.91. The number of anilines is 1. The Hall–Kier alpha value is -3.40. The predicted octanol–water partition coefficient (Wildman–Crippen LogP) is 3.31. The summed E-state index contributed by atoms with van der Waals surface area (Å²) in [5.41, 5.74) is 2.36. The molecule has 0 aromatic carbocycles. The zero-order chi connectivity index (χ0) is 20.2. The van der Waals surface area contributed by atoms with Crippen LogP contribution in [0.15, 0.2) is 42.7 Å². The van der Waals surface area contributed by atoms with Crippen molar-refractivity contribution in [3.05, 3.63) is 42.7 Å². The highest BCUT2D eigenvalue weighted by Crippen LogP contribution is 2.54. The van der Waals surface area contributed by atoms with E-state index in [1.165, 1.54) is 0 Å². The average molecular weight is 387 g/mol. The van der Waals surface area contributed by atoms with Crippen LogP contribution < -0.4 is 9.64 Å². The molecule has 0 unspecified atom stereocenters. The molecule has 2 atom stereocenters. The molecule has 0 N–H and O–H groups in total. The molecule has 3 aromatic rings. The summed E-state index contributed by atoms with van der Waals surface area (Å²) >= 11 is 0. The van der Waals surface area contributed by atoms with Crippen molar-refractivity contribution < 1.29 is 9.53 Å². The molecule has 7 heteroatoms. The summed E-state index contributed by atoms with van der Waals surface area (Å²) in [4.78, 5) is 19.7. The molecule has 2 aliphatic rings. The molecule has 0 bridgehead atoms. The molecule has 2 fully saturated rings. The maximum absolute atomic E-state index is 13.4. The minimum absolute atomic E-state index is 0.00445. The zero-order valence-electron chi connectivity index (χ0n) is 16.4. The van der Waals surface area contributed by atoms with Crippen molar-refractivity contribution in [2.45, 2.75) is 19.8 Å². The fourth-order valence-electron chi connectivity index (χ4n) is 4.57. The summed E-state index contributed by atoms with van der Waals surface area (Å²) < 4.78 is 6.98. The predicted molar refractivity (Wildman–Crippen MR) is 107 cm³/mol. The van der Waals surface area contributed by atoms with Gasteiger partial charge in [-0.1, -0.05) is 13.0 Å². The third-order valence-electron chi connectivity index (χ3n) is 6.24. The minimum atomic E-state index is -0.899. The van der Waals surface area contributed by atoms with Gasteiger partial charge in [0.15, 0.2) is 0 Å². The largest absolute Gasteiger partial charge is 0.481 e. The maximum Gasteiger partial charge on any atom is 0.248 e. The van der Waals surface area contributed by atoms with Crippen LogP contribution in [0, 0.1) is 28.6 Å². The quantitative estimate of drug-likeness (QED) is 0.686. The van der Waals surface area contributed by atoms with Crippen LogP contribution in [0.3, 0.4) is 0 Å². The van der Waals surface area contributed by atoms with Crippen LogP contribution in [0.4, 0.5) is 5.69 Å². The number of methoxy groups -OCH3 is 1. The summed E-state index contributed by atoms with van der Waals surface area (Å²) in [6.45, 7) is 2.56. The third kappa shape index (κ3) is 2.52. The highest BCUT2D eigenvalue weighted by atomic mass is 16.5. The molecule has 3 aromatic heterocycles. The lowest BCUT2D eigenvalue weighted by Gasteiger charge is -2.23. The Morgan fingerprint density at radius 1 is 1.31 bits per heavy atom. The Bertz CT molecular complexity index is 1160. The monoisotopic (exact) mass is 387 g/mol. The minimum Gasteiger partial charge on any atom is -0.481 e. The Morgan fingerprint density at radius 2 is 2.14 bits per heavy atom. The summed E-state index contributed by atoms with van der Waals surface area (Å²) in [6.07, 6.45) is 5.50. The Morgan fingerprint density at radius 3 is 2.86 bits per heavy atom. The van der Waals surface area contributed by atoms with Crippen LogP contribution in [-0.4, -0.2) is 34.2 Å². The normalized spacial score (nSPS) is 24.1. The lowest BCUT2D eigenvalue weighted by molar-refractivity contribution is -0.124. The van der Waals surface area contributed by atoms with E-state index in [2.05, 4.69) is 16.2 Å². The molecule has 5 rings (SSSR count). The van der Waals surface area contributed by atoms with Gasteiger partial charge >= 0.3 is 0 Å². The number of hydrogen-bond donors (Lipinski definition) is 0. The van der Waals surface area contributed by atoms with E-state index in [0.29, 0.717) is 12.4 Å². The molecule has 0 spiro atoms. The van der Waals surface area contributed by atoms with E-state index >= 15 is 0 Å². The van der Waals surface area contributed by atoms with Gasteiger partial charge in [0.1, 0.15) is 5.41 Å². The number of rotatable bonds is 4. The average Bonchev–Trinajstić information content (AvgIpc) is 3.44. The number of nitrogens with zero attached hydrogens (tertiary/aromatic N) is 5. The van der Waals surface area contributed by atoms with Crippen molar-refractivity contribution >= 4 is 17.1 Å². The number of aromatic nitrogens is 3. The highest BCUT2D eigenvalue weighted by molar-refractivity contribution is 6.05. The van der Waals surface area contributed by atoms with E-state index < -0.39 is 5.41 Å². The maximum atomic E-state index is 13.4. The Kier molecular flexibility index (Phi) is 3.85. The summed E-state index contributed by atoms with van der Waals surface area (Å²) in [6, 6.07) is 11.8. The molecule has 1 amide bonds. The van der Waals surface area contributed by atoms with Crippen molar-refractivity contribution in [3.8, 4) is 23.2 Å². The number of carbonyl (C=O) groups excluding carboxylic acids is 1. The lowest BCUT2D eigenvalue weighted by atomic mass is 9.75. The van der Waals surface area contributed by atoms with Crippen molar-refractivity contribution in [2.75, 3.05) is 18.6 Å². The topological polar surface area (TPSA) is 83.5 Å². The molecule has 1 aliphatic heterocycles. The van der Waals surface area contributed by atoms with Crippen LogP contribution in [0.5, 0.6) is 5.88 Å². The lowest BCUT2D eigenvalue weighted by Crippen LogP contribution is -2.37. The van der Waals surface area contributed by atoms with Crippen LogP contribution in [0.25, 0.3) is 16.8 Å². The van der Waals surface area contributed by atoms with Gasteiger partial charge in [-0.2, -0.15) is 10.4 Å². The van der Waals surface area contributed by atoms with Gasteiger partial charge in [0, 0.05) is 36.5 Å². The number of nitriles is 1. The third-order valence-corrected chi connectivity index (χ3v) is 6.24. The van der Waals surface area contributed by atoms with E-state index in [1.807, 2.05) is 37.4 Å². The first-order valence-corrected chi connectivity index (χ1v) is 9.80. The number of carbonyl (C=O) groups is 1. The number of ether oxygens (including phenoxy) is 1.